The molecule has 1 saturated carbocycles. The Morgan fingerprint density at radius 1 is 1.20 bits per heavy atom. The normalized spacial score (nSPS) is 16.1. The van der Waals surface area contributed by atoms with Gasteiger partial charge in [0.1, 0.15) is 0 Å². The van der Waals surface area contributed by atoms with Gasteiger partial charge in [0.2, 0.25) is 0 Å². The van der Waals surface area contributed by atoms with Gasteiger partial charge in [-0.1, -0.05) is 43.2 Å². The number of rotatable bonds is 5. The van der Waals surface area contributed by atoms with E-state index in [-0.39, 0.29) is 5.54 Å². The third-order valence-electron chi connectivity index (χ3n) is 4.02. The van der Waals surface area contributed by atoms with Crippen molar-refractivity contribution in [1.29, 1.82) is 0 Å². The molecule has 2 nitrogen and oxygen atoms in total. The van der Waals surface area contributed by atoms with Crippen molar-refractivity contribution in [2.24, 2.45) is 0 Å². The molecule has 3 heteroatoms. The second kappa shape index (κ2) is 7.07. The minimum absolute atomic E-state index is 0.0263. The van der Waals surface area contributed by atoms with Gasteiger partial charge in [0, 0.05) is 11.6 Å². The highest BCUT2D eigenvalue weighted by molar-refractivity contribution is 7.80. The molecule has 1 aromatic carbocycles. The predicted molar refractivity (Wildman–Crippen MR) is 90.0 cm³/mol. The monoisotopic (exact) mass is 290 g/mol. The molecule has 0 aliphatic heterocycles. The quantitative estimate of drug-likeness (QED) is 0.807. The maximum Gasteiger partial charge on any atom is 0.166 e. The van der Waals surface area contributed by atoms with Crippen LogP contribution in [0.2, 0.25) is 0 Å². The van der Waals surface area contributed by atoms with Crippen LogP contribution in [-0.2, 0) is 6.42 Å². The molecule has 0 amide bonds. The van der Waals surface area contributed by atoms with E-state index in [1.54, 1.807) is 0 Å². The van der Waals surface area contributed by atoms with Crippen LogP contribution in [-0.4, -0.2) is 16.7 Å². The average molecular weight is 290 g/mol. The Morgan fingerprint density at radius 2 is 1.85 bits per heavy atom. The van der Waals surface area contributed by atoms with Crippen LogP contribution in [0.1, 0.15) is 51.5 Å². The first-order chi connectivity index (χ1) is 9.55. The fourth-order valence-corrected chi connectivity index (χ4v) is 3.21. The molecule has 0 atom stereocenters. The molecule has 0 radical (unpaired) electrons. The molecule has 0 unspecified atom stereocenters. The molecule has 2 N–H and O–H groups in total. The van der Waals surface area contributed by atoms with Crippen LogP contribution in [0.25, 0.3) is 0 Å². The van der Waals surface area contributed by atoms with Crippen molar-refractivity contribution >= 4 is 17.3 Å². The topological polar surface area (TPSA) is 24.1 Å². The lowest BCUT2D eigenvalue weighted by atomic mass is 9.95. The van der Waals surface area contributed by atoms with Gasteiger partial charge < -0.3 is 10.6 Å². The summed E-state index contributed by atoms with van der Waals surface area (Å²) in [5.41, 5.74) is 1.41. The van der Waals surface area contributed by atoms with Crippen molar-refractivity contribution in [3.05, 3.63) is 35.9 Å². The maximum atomic E-state index is 5.45. The van der Waals surface area contributed by atoms with Crippen LogP contribution in [0.5, 0.6) is 0 Å². The smallest absolute Gasteiger partial charge is 0.166 e. The van der Waals surface area contributed by atoms with Gasteiger partial charge >= 0.3 is 0 Å². The van der Waals surface area contributed by atoms with Crippen LogP contribution in [0.3, 0.4) is 0 Å². The number of hydrogen-bond acceptors (Lipinski definition) is 1. The summed E-state index contributed by atoms with van der Waals surface area (Å²) in [7, 11) is 0. The number of nitrogens with one attached hydrogen (secondary N) is 2. The summed E-state index contributed by atoms with van der Waals surface area (Å²) in [6.45, 7) is 4.44. The van der Waals surface area contributed by atoms with Crippen molar-refractivity contribution in [3.63, 3.8) is 0 Å². The van der Waals surface area contributed by atoms with Gasteiger partial charge in [-0.2, -0.15) is 0 Å². The number of thiocarbonyl (C=S) groups is 1. The Bertz CT molecular complexity index is 422. The van der Waals surface area contributed by atoms with Crippen LogP contribution in [0, 0.1) is 0 Å². The molecule has 0 aromatic heterocycles. The summed E-state index contributed by atoms with van der Waals surface area (Å²) in [4.78, 5) is 0. The largest absolute Gasteiger partial charge is 0.360 e. The molecule has 110 valence electrons. The molecule has 1 aliphatic carbocycles. The lowest BCUT2D eigenvalue weighted by Gasteiger charge is -2.29. The second-order valence-corrected chi connectivity index (χ2v) is 6.86. The number of hydrogen-bond donors (Lipinski definition) is 2. The van der Waals surface area contributed by atoms with Gasteiger partial charge in [-0.05, 0) is 57.3 Å². The van der Waals surface area contributed by atoms with Crippen LogP contribution < -0.4 is 10.6 Å². The molecule has 0 spiro atoms. The van der Waals surface area contributed by atoms with Gasteiger partial charge in [0.25, 0.3) is 0 Å². The van der Waals surface area contributed by atoms with Crippen molar-refractivity contribution < 1.29 is 0 Å². The first-order valence-corrected chi connectivity index (χ1v) is 8.09. The Kier molecular flexibility index (Phi) is 5.41. The van der Waals surface area contributed by atoms with Gasteiger partial charge in [-0.25, -0.2) is 0 Å². The van der Waals surface area contributed by atoms with Gasteiger partial charge in [-0.3, -0.25) is 0 Å². The molecular formula is C17H26N2S. The van der Waals surface area contributed by atoms with E-state index in [1.807, 2.05) is 0 Å². The van der Waals surface area contributed by atoms with E-state index in [2.05, 4.69) is 54.8 Å². The van der Waals surface area contributed by atoms with Crippen LogP contribution >= 0.6 is 12.2 Å². The number of benzene rings is 1. The Hall–Kier alpha value is -1.09. The highest BCUT2D eigenvalue weighted by Gasteiger charge is 2.21. The fraction of sp³-hybridized carbons (Fsp3) is 0.588. The minimum Gasteiger partial charge on any atom is -0.360 e. The Labute approximate surface area is 128 Å². The van der Waals surface area contributed by atoms with E-state index in [4.69, 9.17) is 12.2 Å². The summed E-state index contributed by atoms with van der Waals surface area (Å²) < 4.78 is 0. The lowest BCUT2D eigenvalue weighted by molar-refractivity contribution is 0.419. The van der Waals surface area contributed by atoms with Crippen molar-refractivity contribution in [3.8, 4) is 0 Å². The zero-order valence-electron chi connectivity index (χ0n) is 12.6. The first-order valence-electron chi connectivity index (χ1n) is 7.68. The third-order valence-corrected chi connectivity index (χ3v) is 4.24. The zero-order valence-corrected chi connectivity index (χ0v) is 13.4. The van der Waals surface area contributed by atoms with Crippen molar-refractivity contribution in [2.75, 3.05) is 0 Å². The molecule has 1 aliphatic rings. The van der Waals surface area contributed by atoms with Crippen LogP contribution in [0.15, 0.2) is 30.3 Å². The Balaban J connectivity index is 1.76. The van der Waals surface area contributed by atoms with Gasteiger partial charge in [0.05, 0.1) is 0 Å². The summed E-state index contributed by atoms with van der Waals surface area (Å²) in [6, 6.07) is 11.2. The molecule has 1 fully saturated rings. The van der Waals surface area contributed by atoms with Crippen LogP contribution in [0.4, 0.5) is 0 Å². The molecular weight excluding hydrogens is 264 g/mol. The van der Waals surface area contributed by atoms with Crippen molar-refractivity contribution in [1.82, 2.24) is 10.6 Å². The summed E-state index contributed by atoms with van der Waals surface area (Å²) in [5.74, 6) is 0. The third kappa shape index (κ3) is 5.12. The van der Waals surface area contributed by atoms with Crippen molar-refractivity contribution in [2.45, 2.75) is 64.0 Å². The average Bonchev–Trinajstić information content (AvgIpc) is 2.90. The van der Waals surface area contributed by atoms with E-state index >= 15 is 0 Å². The van der Waals surface area contributed by atoms with Gasteiger partial charge in [-0.15, -0.1) is 0 Å². The second-order valence-electron chi connectivity index (χ2n) is 6.45. The SMILES string of the molecule is CC(C)(CCc1ccccc1)NC(=S)NC1CCCC1. The minimum atomic E-state index is 0.0263. The predicted octanol–water partition coefficient (Wildman–Crippen LogP) is 3.80. The molecule has 0 saturated heterocycles. The van der Waals surface area contributed by atoms with E-state index < -0.39 is 0 Å². The standard InChI is InChI=1S/C17H26N2S/c1-17(2,13-12-14-8-4-3-5-9-14)19-16(20)18-15-10-6-7-11-15/h3-5,8-9,15H,6-7,10-13H2,1-2H3,(H2,18,19,20). The fourth-order valence-electron chi connectivity index (χ4n) is 2.76. The summed E-state index contributed by atoms with van der Waals surface area (Å²) in [6.07, 6.45) is 7.32. The van der Waals surface area contributed by atoms with E-state index in [1.165, 1.54) is 31.2 Å². The van der Waals surface area contributed by atoms with E-state index in [0.717, 1.165) is 18.0 Å². The van der Waals surface area contributed by atoms with Gasteiger partial charge in [0.15, 0.2) is 5.11 Å². The molecule has 1 aromatic rings. The molecule has 0 heterocycles. The Morgan fingerprint density at radius 3 is 2.50 bits per heavy atom. The molecule has 0 bridgehead atoms. The van der Waals surface area contributed by atoms with E-state index in [0.29, 0.717) is 6.04 Å². The molecule has 2 rings (SSSR count). The highest BCUT2D eigenvalue weighted by atomic mass is 32.1. The number of aryl methyl sites for hydroxylation is 1. The lowest BCUT2D eigenvalue weighted by Crippen LogP contribution is -2.50. The first kappa shape index (κ1) is 15.3. The highest BCUT2D eigenvalue weighted by Crippen LogP contribution is 2.18. The summed E-state index contributed by atoms with van der Waals surface area (Å²) in [5, 5.41) is 7.74. The maximum absolute atomic E-state index is 5.45. The summed E-state index contributed by atoms with van der Waals surface area (Å²) >= 11 is 5.45. The van der Waals surface area contributed by atoms with E-state index in [9.17, 15) is 0 Å². The molecule has 20 heavy (non-hydrogen) atoms. The zero-order chi connectivity index (χ0) is 14.4.